The fourth-order valence-electron chi connectivity index (χ4n) is 4.58. The van der Waals surface area contributed by atoms with E-state index in [2.05, 4.69) is 5.32 Å². The topological polar surface area (TPSA) is 109 Å². The van der Waals surface area contributed by atoms with Gasteiger partial charge in [0.2, 0.25) is 10.0 Å². The summed E-state index contributed by atoms with van der Waals surface area (Å²) in [5, 5.41) is 17.0. The van der Waals surface area contributed by atoms with E-state index in [4.69, 9.17) is 10.2 Å². The number of aliphatic carboxylic acids is 1. The molecule has 4 N–H and O–H groups in total. The second-order valence-corrected chi connectivity index (χ2v) is 12.0. The van der Waals surface area contributed by atoms with Gasteiger partial charge in [-0.25, -0.2) is 26.7 Å². The number of nitrogens with two attached hydrogens (primary N) is 1. The van der Waals surface area contributed by atoms with E-state index in [1.807, 2.05) is 0 Å². The zero-order valence-electron chi connectivity index (χ0n) is 20.6. The molecule has 37 heavy (non-hydrogen) atoms. The van der Waals surface area contributed by atoms with Gasteiger partial charge in [0, 0.05) is 10.9 Å². The third-order valence-electron chi connectivity index (χ3n) is 6.47. The largest absolute Gasteiger partial charge is 0.481 e. The Morgan fingerprint density at radius 2 is 1.41 bits per heavy atom. The molecule has 0 atom stereocenters. The Bertz CT molecular complexity index is 1180. The standard InChI is InChI=1S/C26H33F3N2O4S2/c27-21-22(28)26(37(30,34)35)24(31-18-10-8-6-4-2-1-3-5-7-9-11-18)23(29)25(21)36-19-14-12-17(13-15-19)16-20(32)33/h12-15,18,31H,1-11,16H2,(H,32,33)(H2,30,34,35). The molecule has 0 unspecified atom stereocenters. The maximum absolute atomic E-state index is 15.8. The second kappa shape index (κ2) is 13.5. The van der Waals surface area contributed by atoms with E-state index in [0.29, 0.717) is 35.1 Å². The fourth-order valence-corrected chi connectivity index (χ4v) is 6.24. The fraction of sp³-hybridized carbons (Fsp3) is 0.500. The molecule has 11 heteroatoms. The average molecular weight is 559 g/mol. The van der Waals surface area contributed by atoms with Gasteiger partial charge in [0.15, 0.2) is 17.5 Å². The zero-order valence-corrected chi connectivity index (χ0v) is 22.2. The number of benzene rings is 2. The van der Waals surface area contributed by atoms with Gasteiger partial charge in [-0.2, -0.15) is 0 Å². The number of carbonyl (C=O) groups is 1. The molecule has 0 aliphatic heterocycles. The highest BCUT2D eigenvalue weighted by Crippen LogP contribution is 2.41. The van der Waals surface area contributed by atoms with Gasteiger partial charge in [-0.3, -0.25) is 4.79 Å². The number of carboxylic acid groups (broad SMARTS) is 1. The number of halogens is 3. The summed E-state index contributed by atoms with van der Waals surface area (Å²) in [5.74, 6) is -5.64. The molecule has 204 valence electrons. The van der Waals surface area contributed by atoms with Crippen LogP contribution in [-0.4, -0.2) is 25.5 Å². The van der Waals surface area contributed by atoms with Gasteiger partial charge in [-0.1, -0.05) is 81.7 Å². The van der Waals surface area contributed by atoms with Gasteiger partial charge in [-0.05, 0) is 30.5 Å². The predicted molar refractivity (Wildman–Crippen MR) is 138 cm³/mol. The van der Waals surface area contributed by atoms with Crippen LogP contribution in [0.3, 0.4) is 0 Å². The molecule has 1 fully saturated rings. The molecule has 2 aromatic carbocycles. The Balaban J connectivity index is 1.96. The third-order valence-corrected chi connectivity index (χ3v) is 8.50. The first-order valence-corrected chi connectivity index (χ1v) is 14.9. The van der Waals surface area contributed by atoms with Crippen molar-refractivity contribution in [3.8, 4) is 0 Å². The van der Waals surface area contributed by atoms with Crippen molar-refractivity contribution in [2.75, 3.05) is 5.32 Å². The molecule has 3 rings (SSSR count). The van der Waals surface area contributed by atoms with E-state index in [0.717, 1.165) is 51.4 Å². The van der Waals surface area contributed by atoms with Crippen LogP contribution < -0.4 is 10.5 Å². The summed E-state index contributed by atoms with van der Waals surface area (Å²) in [6.07, 6.45) is 10.4. The van der Waals surface area contributed by atoms with Crippen molar-refractivity contribution >= 4 is 33.4 Å². The minimum Gasteiger partial charge on any atom is -0.481 e. The number of sulfonamides is 1. The molecule has 0 saturated heterocycles. The first kappa shape index (κ1) is 29.3. The molecule has 1 aliphatic carbocycles. The van der Waals surface area contributed by atoms with Crippen molar-refractivity contribution in [3.63, 3.8) is 0 Å². The van der Waals surface area contributed by atoms with Gasteiger partial charge in [-0.15, -0.1) is 0 Å². The Morgan fingerprint density at radius 3 is 1.89 bits per heavy atom. The summed E-state index contributed by atoms with van der Waals surface area (Å²) in [7, 11) is -4.79. The van der Waals surface area contributed by atoms with E-state index < -0.39 is 48.9 Å². The Labute approximate surface area is 220 Å². The predicted octanol–water partition coefficient (Wildman–Crippen LogP) is 6.61. The third kappa shape index (κ3) is 8.38. The molecular formula is C26H33F3N2O4S2. The Morgan fingerprint density at radius 1 is 0.892 bits per heavy atom. The molecule has 0 amide bonds. The molecule has 1 saturated carbocycles. The molecule has 0 radical (unpaired) electrons. The monoisotopic (exact) mass is 558 g/mol. The summed E-state index contributed by atoms with van der Waals surface area (Å²) in [6.45, 7) is 0. The van der Waals surface area contributed by atoms with Crippen LogP contribution in [0.2, 0.25) is 0 Å². The average Bonchev–Trinajstić information content (AvgIpc) is 2.81. The summed E-state index contributed by atoms with van der Waals surface area (Å²) in [6, 6.07) is 5.59. The maximum atomic E-state index is 15.8. The van der Waals surface area contributed by atoms with Gasteiger partial charge < -0.3 is 10.4 Å². The van der Waals surface area contributed by atoms with Crippen LogP contribution in [0.1, 0.15) is 76.2 Å². The normalized spacial score (nSPS) is 16.5. The molecule has 6 nitrogen and oxygen atoms in total. The lowest BCUT2D eigenvalue weighted by atomic mass is 9.97. The van der Waals surface area contributed by atoms with Gasteiger partial charge in [0.05, 0.1) is 17.0 Å². The van der Waals surface area contributed by atoms with E-state index in [-0.39, 0.29) is 12.5 Å². The summed E-state index contributed by atoms with van der Waals surface area (Å²) < 4.78 is 70.3. The van der Waals surface area contributed by atoms with Crippen LogP contribution >= 0.6 is 11.8 Å². The molecular weight excluding hydrogens is 525 g/mol. The van der Waals surface area contributed by atoms with Gasteiger partial charge in [0.1, 0.15) is 4.90 Å². The highest BCUT2D eigenvalue weighted by atomic mass is 32.2. The molecule has 0 bridgehead atoms. The van der Waals surface area contributed by atoms with Gasteiger partial charge >= 0.3 is 5.97 Å². The number of carboxylic acids is 1. The van der Waals surface area contributed by atoms with Crippen molar-refractivity contribution in [2.24, 2.45) is 5.14 Å². The van der Waals surface area contributed by atoms with E-state index in [9.17, 15) is 17.6 Å². The minimum absolute atomic E-state index is 0.221. The van der Waals surface area contributed by atoms with Crippen LogP contribution in [0.25, 0.3) is 0 Å². The first-order valence-electron chi connectivity index (χ1n) is 12.6. The number of nitrogens with one attached hydrogen (secondary N) is 1. The van der Waals surface area contributed by atoms with E-state index in [1.54, 1.807) is 0 Å². The smallest absolute Gasteiger partial charge is 0.307 e. The Hall–Kier alpha value is -2.24. The number of hydrogen-bond acceptors (Lipinski definition) is 5. The van der Waals surface area contributed by atoms with E-state index in [1.165, 1.54) is 30.7 Å². The Kier molecular flexibility index (Phi) is 10.7. The minimum atomic E-state index is -4.79. The number of rotatable bonds is 7. The summed E-state index contributed by atoms with van der Waals surface area (Å²) in [4.78, 5) is 9.29. The SMILES string of the molecule is NS(=O)(=O)c1c(F)c(F)c(Sc2ccc(CC(=O)O)cc2)c(F)c1NC1CCCCCCCCCCC1. The van der Waals surface area contributed by atoms with Crippen LogP contribution in [0.4, 0.5) is 18.9 Å². The lowest BCUT2D eigenvalue weighted by Gasteiger charge is -2.24. The molecule has 0 heterocycles. The lowest BCUT2D eigenvalue weighted by Crippen LogP contribution is -2.25. The first-order chi connectivity index (χ1) is 17.6. The van der Waals surface area contributed by atoms with Crippen molar-refractivity contribution in [1.82, 2.24) is 0 Å². The van der Waals surface area contributed by atoms with Crippen molar-refractivity contribution in [2.45, 2.75) is 97.8 Å². The number of hydrogen-bond donors (Lipinski definition) is 3. The van der Waals surface area contributed by atoms with E-state index >= 15 is 8.78 Å². The van der Waals surface area contributed by atoms with Crippen molar-refractivity contribution in [1.29, 1.82) is 0 Å². The zero-order chi connectivity index (χ0) is 27.0. The summed E-state index contributed by atoms with van der Waals surface area (Å²) >= 11 is 0.584. The van der Waals surface area contributed by atoms with Crippen LogP contribution in [0.5, 0.6) is 0 Å². The quantitative estimate of drug-likeness (QED) is 0.330. The summed E-state index contributed by atoms with van der Waals surface area (Å²) in [5.41, 5.74) is -0.165. The highest BCUT2D eigenvalue weighted by molar-refractivity contribution is 7.99. The number of primary sulfonamides is 1. The van der Waals surface area contributed by atoms with Crippen LogP contribution in [0, 0.1) is 17.5 Å². The lowest BCUT2D eigenvalue weighted by molar-refractivity contribution is -0.136. The molecule has 1 aliphatic rings. The molecule has 0 aromatic heterocycles. The highest BCUT2D eigenvalue weighted by Gasteiger charge is 2.32. The van der Waals surface area contributed by atoms with Crippen molar-refractivity contribution in [3.05, 3.63) is 47.3 Å². The molecule has 2 aromatic rings. The number of anilines is 1. The maximum Gasteiger partial charge on any atom is 0.307 e. The second-order valence-electron chi connectivity index (χ2n) is 9.44. The van der Waals surface area contributed by atoms with Crippen LogP contribution in [-0.2, 0) is 21.2 Å². The van der Waals surface area contributed by atoms with Crippen LogP contribution in [0.15, 0.2) is 39.0 Å². The van der Waals surface area contributed by atoms with Gasteiger partial charge in [0.25, 0.3) is 0 Å². The van der Waals surface area contributed by atoms with Crippen molar-refractivity contribution < 1.29 is 31.5 Å². The molecule has 0 spiro atoms.